The highest BCUT2D eigenvalue weighted by atomic mass is 16.6. The average Bonchev–Trinajstić information content (AvgIpc) is 3.33. The lowest BCUT2D eigenvalue weighted by molar-refractivity contribution is -0.141. The smallest absolute Gasteiger partial charge is 0.412 e. The predicted molar refractivity (Wildman–Crippen MR) is 138 cm³/mol. The number of fused-ring (bicyclic) bond motifs is 2. The highest BCUT2D eigenvalue weighted by Gasteiger charge is 2.55. The maximum absolute atomic E-state index is 12.7. The zero-order valence-electron chi connectivity index (χ0n) is 19.8. The van der Waals surface area contributed by atoms with Crippen LogP contribution in [0.2, 0.25) is 0 Å². The van der Waals surface area contributed by atoms with Gasteiger partial charge in [0.2, 0.25) is 5.76 Å². The van der Waals surface area contributed by atoms with E-state index in [1.54, 1.807) is 25.1 Å². The molecule has 0 spiro atoms. The first-order valence-corrected chi connectivity index (χ1v) is 11.8. The number of hydrogen-bond donors (Lipinski definition) is 2. The van der Waals surface area contributed by atoms with Crippen LogP contribution in [0.3, 0.4) is 0 Å². The number of para-hydroxylation sites is 1. The first kappa shape index (κ1) is 22.6. The number of anilines is 1. The molecule has 1 aromatic heterocycles. The summed E-state index contributed by atoms with van der Waals surface area (Å²) in [6.07, 6.45) is 3.64. The van der Waals surface area contributed by atoms with E-state index in [1.807, 2.05) is 48.5 Å². The SMILES string of the molecule is CC(OC(=O)Nc1c(C#CC2=NC3=NC(C4(C(=O)O)CC4)=CC3=C2)oc2ccccc12)c1ccccc1. The molecule has 37 heavy (non-hydrogen) atoms. The Morgan fingerprint density at radius 2 is 1.81 bits per heavy atom. The predicted octanol–water partition coefficient (Wildman–Crippen LogP) is 5.64. The van der Waals surface area contributed by atoms with Gasteiger partial charge in [0.25, 0.3) is 0 Å². The van der Waals surface area contributed by atoms with Crippen LogP contribution in [0.1, 0.15) is 37.2 Å². The van der Waals surface area contributed by atoms with Gasteiger partial charge in [-0.05, 0) is 61.5 Å². The first-order valence-electron chi connectivity index (χ1n) is 11.8. The van der Waals surface area contributed by atoms with Crippen molar-refractivity contribution in [3.63, 3.8) is 0 Å². The molecule has 6 rings (SSSR count). The van der Waals surface area contributed by atoms with E-state index in [0.717, 1.165) is 11.1 Å². The zero-order valence-corrected chi connectivity index (χ0v) is 19.8. The fourth-order valence-corrected chi connectivity index (χ4v) is 4.39. The minimum atomic E-state index is -0.874. The van der Waals surface area contributed by atoms with Crippen molar-refractivity contribution >= 4 is 40.3 Å². The minimum absolute atomic E-state index is 0.268. The van der Waals surface area contributed by atoms with Crippen LogP contribution in [0.15, 0.2) is 92.4 Å². The Morgan fingerprint density at radius 3 is 2.54 bits per heavy atom. The number of rotatable bonds is 5. The van der Waals surface area contributed by atoms with Crippen LogP contribution in [0.4, 0.5) is 10.5 Å². The largest absolute Gasteiger partial charge is 0.481 e. The number of hydrogen-bond acceptors (Lipinski definition) is 6. The number of benzene rings is 2. The molecule has 0 radical (unpaired) electrons. The molecule has 3 aromatic rings. The van der Waals surface area contributed by atoms with Gasteiger partial charge in [-0.25, -0.2) is 14.8 Å². The molecule has 3 heterocycles. The molecule has 2 aliphatic heterocycles. The van der Waals surface area contributed by atoms with Crippen LogP contribution in [0.25, 0.3) is 11.0 Å². The summed E-state index contributed by atoms with van der Waals surface area (Å²) in [5.41, 5.74) is 2.75. The second-order valence-electron chi connectivity index (χ2n) is 9.08. The van der Waals surface area contributed by atoms with Crippen molar-refractivity contribution in [2.45, 2.75) is 25.9 Å². The molecule has 2 N–H and O–H groups in total. The third-order valence-electron chi connectivity index (χ3n) is 6.62. The fraction of sp³-hybridized carbons (Fsp3) is 0.172. The lowest BCUT2D eigenvalue weighted by Gasteiger charge is -2.14. The number of ether oxygens (including phenoxy) is 1. The Labute approximate surface area is 212 Å². The van der Waals surface area contributed by atoms with Crippen molar-refractivity contribution in [2.24, 2.45) is 15.4 Å². The van der Waals surface area contributed by atoms with Crippen LogP contribution < -0.4 is 5.32 Å². The lowest BCUT2D eigenvalue weighted by Crippen LogP contribution is -2.16. The fourth-order valence-electron chi connectivity index (χ4n) is 4.39. The van der Waals surface area contributed by atoms with E-state index < -0.39 is 23.6 Å². The molecular weight excluding hydrogens is 470 g/mol. The Hall–Kier alpha value is -4.90. The maximum atomic E-state index is 12.7. The average molecular weight is 492 g/mol. The number of nitrogens with one attached hydrogen (secondary N) is 1. The first-order chi connectivity index (χ1) is 17.9. The number of amides is 1. The molecule has 1 saturated carbocycles. The van der Waals surface area contributed by atoms with Crippen LogP contribution in [0, 0.1) is 17.3 Å². The summed E-state index contributed by atoms with van der Waals surface area (Å²) in [6.45, 7) is 1.80. The zero-order chi connectivity index (χ0) is 25.6. The second kappa shape index (κ2) is 8.64. The number of carbonyl (C=O) groups excluding carboxylic acids is 1. The van der Waals surface area contributed by atoms with Gasteiger partial charge < -0.3 is 14.3 Å². The minimum Gasteiger partial charge on any atom is -0.481 e. The van der Waals surface area contributed by atoms with E-state index in [1.165, 1.54) is 0 Å². The normalized spacial score (nSPS) is 17.4. The Bertz CT molecular complexity index is 1640. The summed E-state index contributed by atoms with van der Waals surface area (Å²) in [5.74, 6) is 5.82. The summed E-state index contributed by atoms with van der Waals surface area (Å²) < 4.78 is 11.5. The molecule has 1 aliphatic carbocycles. The topological polar surface area (TPSA) is 113 Å². The molecule has 8 heteroatoms. The van der Waals surface area contributed by atoms with Crippen molar-refractivity contribution in [2.75, 3.05) is 5.32 Å². The summed E-state index contributed by atoms with van der Waals surface area (Å²) in [7, 11) is 0. The number of aliphatic carboxylic acids is 1. The number of amidine groups is 1. The monoisotopic (exact) mass is 491 g/mol. The maximum Gasteiger partial charge on any atom is 0.412 e. The van der Waals surface area contributed by atoms with Crippen molar-refractivity contribution in [1.29, 1.82) is 0 Å². The summed E-state index contributed by atoms with van der Waals surface area (Å²) in [6, 6.07) is 16.8. The van der Waals surface area contributed by atoms with Crippen molar-refractivity contribution in [3.05, 3.63) is 89.3 Å². The summed E-state index contributed by atoms with van der Waals surface area (Å²) in [4.78, 5) is 33.2. The molecule has 0 saturated heterocycles. The van der Waals surface area contributed by atoms with E-state index in [9.17, 15) is 14.7 Å². The molecular formula is C29H21N3O5. The van der Waals surface area contributed by atoms with Gasteiger partial charge >= 0.3 is 12.1 Å². The van der Waals surface area contributed by atoms with Gasteiger partial charge in [-0.1, -0.05) is 42.5 Å². The van der Waals surface area contributed by atoms with E-state index in [2.05, 4.69) is 27.1 Å². The number of carbonyl (C=O) groups is 2. The molecule has 1 amide bonds. The van der Waals surface area contributed by atoms with Crippen molar-refractivity contribution in [1.82, 2.24) is 0 Å². The molecule has 2 aromatic carbocycles. The second-order valence-corrected chi connectivity index (χ2v) is 9.08. The van der Waals surface area contributed by atoms with Crippen LogP contribution in [-0.2, 0) is 9.53 Å². The van der Waals surface area contributed by atoms with Gasteiger partial charge in [0.05, 0.1) is 5.70 Å². The van der Waals surface area contributed by atoms with Crippen LogP contribution in [-0.4, -0.2) is 28.7 Å². The molecule has 1 fully saturated rings. The molecule has 8 nitrogen and oxygen atoms in total. The number of carboxylic acids is 1. The van der Waals surface area contributed by atoms with Crippen LogP contribution >= 0.6 is 0 Å². The van der Waals surface area contributed by atoms with Crippen molar-refractivity contribution in [3.8, 4) is 11.8 Å². The third kappa shape index (κ3) is 4.10. The molecule has 0 bridgehead atoms. The number of furan rings is 1. The van der Waals surface area contributed by atoms with Gasteiger partial charge in [0.15, 0.2) is 5.84 Å². The quantitative estimate of drug-likeness (QED) is 0.449. The Balaban J connectivity index is 1.23. The van der Waals surface area contributed by atoms with E-state index in [0.29, 0.717) is 46.7 Å². The molecule has 1 unspecified atom stereocenters. The van der Waals surface area contributed by atoms with Crippen molar-refractivity contribution < 1.29 is 23.8 Å². The van der Waals surface area contributed by atoms with Gasteiger partial charge in [-0.15, -0.1) is 0 Å². The van der Waals surface area contributed by atoms with E-state index >= 15 is 0 Å². The summed E-state index contributed by atoms with van der Waals surface area (Å²) in [5, 5.41) is 13.0. The number of nitrogens with zero attached hydrogens (tertiary/aromatic N) is 2. The van der Waals surface area contributed by atoms with E-state index in [-0.39, 0.29) is 5.76 Å². The molecule has 182 valence electrons. The molecule has 1 atom stereocenters. The van der Waals surface area contributed by atoms with Gasteiger partial charge in [-0.2, -0.15) is 0 Å². The number of aliphatic imine (C=N–C) groups is 2. The van der Waals surface area contributed by atoms with Gasteiger partial charge in [0.1, 0.15) is 28.5 Å². The molecule has 3 aliphatic rings. The highest BCUT2D eigenvalue weighted by molar-refractivity contribution is 6.26. The lowest BCUT2D eigenvalue weighted by atomic mass is 10.0. The standard InChI is InChI=1S/C29H21N3O5/c1-17(18-7-3-2-4-8-18)36-28(35)32-25-21-9-5-6-10-22(21)37-23(25)12-11-20-15-19-16-24(31-26(19)30-20)29(13-14-29)27(33)34/h2-10,15-17H,13-14H2,1H3,(H,32,35)(H,33,34). The Morgan fingerprint density at radius 1 is 1.05 bits per heavy atom. The van der Waals surface area contributed by atoms with Gasteiger partial charge in [0, 0.05) is 11.0 Å². The third-order valence-corrected chi connectivity index (χ3v) is 6.62. The van der Waals surface area contributed by atoms with Gasteiger partial charge in [-0.3, -0.25) is 10.1 Å². The highest BCUT2D eigenvalue weighted by Crippen LogP contribution is 2.54. The Kier molecular flexibility index (Phi) is 5.27. The number of carboxylic acid groups (broad SMARTS) is 1. The van der Waals surface area contributed by atoms with E-state index in [4.69, 9.17) is 9.15 Å². The summed E-state index contributed by atoms with van der Waals surface area (Å²) >= 11 is 0. The van der Waals surface area contributed by atoms with Crippen LogP contribution in [0.5, 0.6) is 0 Å². The number of allylic oxidation sites excluding steroid dienone is 1.